The SMILES string of the molecule is Cc1ccnc(C(N)Cc2cccc(F)c2F)c1. The minimum Gasteiger partial charge on any atom is -0.322 e. The summed E-state index contributed by atoms with van der Waals surface area (Å²) in [5, 5.41) is 0. The van der Waals surface area contributed by atoms with Crippen molar-refractivity contribution in [3.63, 3.8) is 0 Å². The van der Waals surface area contributed by atoms with Crippen LogP contribution in [-0.2, 0) is 6.42 Å². The summed E-state index contributed by atoms with van der Waals surface area (Å²) in [4.78, 5) is 4.15. The molecule has 2 N–H and O–H groups in total. The van der Waals surface area contributed by atoms with E-state index in [1.54, 1.807) is 6.20 Å². The van der Waals surface area contributed by atoms with Crippen molar-refractivity contribution in [1.29, 1.82) is 0 Å². The van der Waals surface area contributed by atoms with Crippen LogP contribution in [0.25, 0.3) is 0 Å². The highest BCUT2D eigenvalue weighted by atomic mass is 19.2. The Kier molecular flexibility index (Phi) is 3.67. The first-order chi connectivity index (χ1) is 8.58. The van der Waals surface area contributed by atoms with E-state index in [-0.39, 0.29) is 12.0 Å². The lowest BCUT2D eigenvalue weighted by Gasteiger charge is -2.12. The third-order valence-corrected chi connectivity index (χ3v) is 2.79. The largest absolute Gasteiger partial charge is 0.322 e. The summed E-state index contributed by atoms with van der Waals surface area (Å²) in [5.41, 5.74) is 7.95. The lowest BCUT2D eigenvalue weighted by Crippen LogP contribution is -2.16. The number of nitrogens with zero attached hydrogens (tertiary/aromatic N) is 1. The molecule has 1 aromatic heterocycles. The fourth-order valence-corrected chi connectivity index (χ4v) is 1.81. The van der Waals surface area contributed by atoms with E-state index in [1.807, 2.05) is 19.1 Å². The van der Waals surface area contributed by atoms with Gasteiger partial charge >= 0.3 is 0 Å². The topological polar surface area (TPSA) is 38.9 Å². The van der Waals surface area contributed by atoms with Gasteiger partial charge in [0.05, 0.1) is 11.7 Å². The molecule has 0 bridgehead atoms. The zero-order chi connectivity index (χ0) is 13.1. The average molecular weight is 248 g/mol. The molecule has 0 radical (unpaired) electrons. The van der Waals surface area contributed by atoms with E-state index < -0.39 is 17.7 Å². The number of hydrogen-bond acceptors (Lipinski definition) is 2. The smallest absolute Gasteiger partial charge is 0.162 e. The highest BCUT2D eigenvalue weighted by Crippen LogP contribution is 2.18. The third kappa shape index (κ3) is 2.71. The zero-order valence-corrected chi connectivity index (χ0v) is 10.0. The molecule has 0 amide bonds. The van der Waals surface area contributed by atoms with E-state index in [0.29, 0.717) is 5.69 Å². The van der Waals surface area contributed by atoms with Crippen LogP contribution in [0, 0.1) is 18.6 Å². The number of pyridine rings is 1. The second-order valence-electron chi connectivity index (χ2n) is 4.28. The van der Waals surface area contributed by atoms with Crippen LogP contribution in [0.5, 0.6) is 0 Å². The minimum absolute atomic E-state index is 0.222. The van der Waals surface area contributed by atoms with Crippen LogP contribution in [0.2, 0.25) is 0 Å². The van der Waals surface area contributed by atoms with Gasteiger partial charge in [-0.25, -0.2) is 8.78 Å². The van der Waals surface area contributed by atoms with Crippen molar-refractivity contribution in [3.05, 3.63) is 65.0 Å². The molecular formula is C14H14F2N2. The highest BCUT2D eigenvalue weighted by Gasteiger charge is 2.13. The molecule has 0 aliphatic heterocycles. The number of rotatable bonds is 3. The van der Waals surface area contributed by atoms with Crippen molar-refractivity contribution in [2.24, 2.45) is 5.73 Å². The normalized spacial score (nSPS) is 12.4. The van der Waals surface area contributed by atoms with Crippen LogP contribution >= 0.6 is 0 Å². The van der Waals surface area contributed by atoms with Gasteiger partial charge in [0.1, 0.15) is 0 Å². The summed E-state index contributed by atoms with van der Waals surface area (Å²) < 4.78 is 26.6. The summed E-state index contributed by atoms with van der Waals surface area (Å²) >= 11 is 0. The average Bonchev–Trinajstić information content (AvgIpc) is 2.35. The van der Waals surface area contributed by atoms with E-state index in [4.69, 9.17) is 5.73 Å². The first-order valence-electron chi connectivity index (χ1n) is 5.69. The van der Waals surface area contributed by atoms with Gasteiger partial charge in [-0.05, 0) is 42.7 Å². The van der Waals surface area contributed by atoms with Gasteiger partial charge < -0.3 is 5.73 Å². The minimum atomic E-state index is -0.850. The van der Waals surface area contributed by atoms with Gasteiger partial charge in [-0.15, -0.1) is 0 Å². The second kappa shape index (κ2) is 5.23. The molecule has 2 aromatic rings. The van der Waals surface area contributed by atoms with E-state index in [9.17, 15) is 8.78 Å². The van der Waals surface area contributed by atoms with E-state index in [0.717, 1.165) is 11.6 Å². The summed E-state index contributed by atoms with van der Waals surface area (Å²) in [5.74, 6) is -1.68. The van der Waals surface area contributed by atoms with Crippen LogP contribution in [0.3, 0.4) is 0 Å². The molecule has 0 saturated carbocycles. The van der Waals surface area contributed by atoms with Gasteiger partial charge in [-0.1, -0.05) is 12.1 Å². The van der Waals surface area contributed by atoms with Crippen molar-refractivity contribution < 1.29 is 8.78 Å². The number of aryl methyl sites for hydroxylation is 1. The molecule has 2 rings (SSSR count). The summed E-state index contributed by atoms with van der Waals surface area (Å²) in [6, 6.07) is 7.37. The molecule has 2 nitrogen and oxygen atoms in total. The molecular weight excluding hydrogens is 234 g/mol. The van der Waals surface area contributed by atoms with Crippen LogP contribution in [0.1, 0.15) is 22.9 Å². The Balaban J connectivity index is 2.21. The number of nitrogens with two attached hydrogens (primary N) is 1. The summed E-state index contributed by atoms with van der Waals surface area (Å²) in [7, 11) is 0. The van der Waals surface area contributed by atoms with Gasteiger partial charge in [0.15, 0.2) is 11.6 Å². The van der Waals surface area contributed by atoms with Crippen LogP contribution < -0.4 is 5.73 Å². The molecule has 4 heteroatoms. The molecule has 1 atom stereocenters. The first-order valence-corrected chi connectivity index (χ1v) is 5.69. The molecule has 18 heavy (non-hydrogen) atoms. The maximum Gasteiger partial charge on any atom is 0.162 e. The van der Waals surface area contributed by atoms with Crippen molar-refractivity contribution in [3.8, 4) is 0 Å². The standard InChI is InChI=1S/C14H14F2N2/c1-9-5-6-18-13(7-9)12(17)8-10-3-2-4-11(15)14(10)16/h2-7,12H,8,17H2,1H3. The molecule has 1 unspecified atom stereocenters. The third-order valence-electron chi connectivity index (χ3n) is 2.79. The predicted octanol–water partition coefficient (Wildman–Crippen LogP) is 2.91. The molecule has 0 aliphatic carbocycles. The first kappa shape index (κ1) is 12.6. The Morgan fingerprint density at radius 1 is 1.28 bits per heavy atom. The number of halogens is 2. The quantitative estimate of drug-likeness (QED) is 0.907. The van der Waals surface area contributed by atoms with Crippen molar-refractivity contribution in [2.75, 3.05) is 0 Å². The number of benzene rings is 1. The predicted molar refractivity (Wildman–Crippen MR) is 66.0 cm³/mol. The maximum atomic E-state index is 13.5. The monoisotopic (exact) mass is 248 g/mol. The Labute approximate surface area is 104 Å². The van der Waals surface area contributed by atoms with Crippen molar-refractivity contribution in [2.45, 2.75) is 19.4 Å². The zero-order valence-electron chi connectivity index (χ0n) is 10.0. The molecule has 94 valence electrons. The number of aromatic nitrogens is 1. The molecule has 0 saturated heterocycles. The van der Waals surface area contributed by atoms with Crippen LogP contribution in [0.4, 0.5) is 8.78 Å². The van der Waals surface area contributed by atoms with E-state index in [2.05, 4.69) is 4.98 Å². The number of hydrogen-bond donors (Lipinski definition) is 1. The summed E-state index contributed by atoms with van der Waals surface area (Å²) in [6.07, 6.45) is 1.88. The fraction of sp³-hybridized carbons (Fsp3) is 0.214. The van der Waals surface area contributed by atoms with Gasteiger partial charge in [-0.3, -0.25) is 4.98 Å². The molecule has 0 aliphatic rings. The van der Waals surface area contributed by atoms with Gasteiger partial charge in [-0.2, -0.15) is 0 Å². The van der Waals surface area contributed by atoms with E-state index in [1.165, 1.54) is 12.1 Å². The lowest BCUT2D eigenvalue weighted by atomic mass is 10.0. The van der Waals surface area contributed by atoms with Crippen molar-refractivity contribution in [1.82, 2.24) is 4.98 Å². The van der Waals surface area contributed by atoms with Gasteiger partial charge in [0, 0.05) is 6.20 Å². The Morgan fingerprint density at radius 3 is 2.78 bits per heavy atom. The molecule has 1 aromatic carbocycles. The summed E-state index contributed by atoms with van der Waals surface area (Å²) in [6.45, 7) is 1.93. The highest BCUT2D eigenvalue weighted by molar-refractivity contribution is 5.23. The van der Waals surface area contributed by atoms with Gasteiger partial charge in [0.2, 0.25) is 0 Å². The Morgan fingerprint density at radius 2 is 2.06 bits per heavy atom. The van der Waals surface area contributed by atoms with E-state index >= 15 is 0 Å². The maximum absolute atomic E-state index is 13.5. The second-order valence-corrected chi connectivity index (χ2v) is 4.28. The molecule has 0 fully saturated rings. The fourth-order valence-electron chi connectivity index (χ4n) is 1.81. The van der Waals surface area contributed by atoms with Crippen LogP contribution in [0.15, 0.2) is 36.5 Å². The van der Waals surface area contributed by atoms with Crippen molar-refractivity contribution >= 4 is 0 Å². The Hall–Kier alpha value is -1.81. The lowest BCUT2D eigenvalue weighted by molar-refractivity contribution is 0.493. The molecule has 1 heterocycles. The molecule has 0 spiro atoms. The van der Waals surface area contributed by atoms with Crippen LogP contribution in [-0.4, -0.2) is 4.98 Å². The Bertz CT molecular complexity index is 555. The van der Waals surface area contributed by atoms with Gasteiger partial charge in [0.25, 0.3) is 0 Å².